The number of fused-ring (bicyclic) bond motifs is 6. The molecule has 9 rings (SSSR count). The van der Waals surface area contributed by atoms with E-state index in [4.69, 9.17) is 4.42 Å². The van der Waals surface area contributed by atoms with Gasteiger partial charge in [-0.1, -0.05) is 95.3 Å². The summed E-state index contributed by atoms with van der Waals surface area (Å²) in [5.74, 6) is 0. The molecule has 0 unspecified atom stereocenters. The summed E-state index contributed by atoms with van der Waals surface area (Å²) in [6.45, 7) is 0. The molecule has 9 aromatic rings. The first-order chi connectivity index (χ1) is 29.2. The molecule has 20 heteroatoms. The van der Waals surface area contributed by atoms with E-state index in [-0.39, 0.29) is 0 Å². The Kier molecular flexibility index (Phi) is 10.2. The van der Waals surface area contributed by atoms with Crippen LogP contribution in [0.5, 0.6) is 0 Å². The van der Waals surface area contributed by atoms with Crippen molar-refractivity contribution in [3.05, 3.63) is 42.5 Å². The lowest BCUT2D eigenvalue weighted by Crippen LogP contribution is -2.53. The quantitative estimate of drug-likeness (QED) is 0.129. The maximum absolute atomic E-state index is 6.40. The summed E-state index contributed by atoms with van der Waals surface area (Å²) >= 11 is 0. The highest BCUT2D eigenvalue weighted by Gasteiger charge is 2.29. The molecule has 0 bridgehead atoms. The van der Waals surface area contributed by atoms with E-state index in [0.717, 1.165) is 16.6 Å². The summed E-state index contributed by atoms with van der Waals surface area (Å²) in [4.78, 5) is 0. The normalized spacial score (nSPS) is 11.8. The monoisotopic (exact) mass is 775 g/mol. The zero-order chi connectivity index (χ0) is 44.9. The van der Waals surface area contributed by atoms with Crippen molar-refractivity contribution in [1.29, 1.82) is 0 Å². The summed E-state index contributed by atoms with van der Waals surface area (Å²) in [6.07, 6.45) is 0. The molecule has 1 aromatic heterocycles. The minimum Gasteiger partial charge on any atom is -0.456 e. The molecule has 1 heterocycles. The lowest BCUT2D eigenvalue weighted by molar-refractivity contribution is 0.669. The van der Waals surface area contributed by atoms with Crippen LogP contribution in [0.25, 0.3) is 87.6 Å². The van der Waals surface area contributed by atoms with Crippen LogP contribution in [0.4, 0.5) is 0 Å². The fourth-order valence-corrected chi connectivity index (χ4v) is 12.0. The van der Waals surface area contributed by atoms with Gasteiger partial charge in [0, 0.05) is 10.8 Å². The molecular weight excluding hydrogens is 726 g/mol. The van der Waals surface area contributed by atoms with Crippen LogP contribution < -0.4 is 104 Å². The van der Waals surface area contributed by atoms with Gasteiger partial charge >= 0.3 is 0 Å². The summed E-state index contributed by atoms with van der Waals surface area (Å²) in [5.41, 5.74) is 36.4. The van der Waals surface area contributed by atoms with Gasteiger partial charge in [0.25, 0.3) is 0 Å². The third kappa shape index (κ3) is 5.62. The Labute approximate surface area is 385 Å². The van der Waals surface area contributed by atoms with Gasteiger partial charge in [-0.25, -0.2) is 0 Å². The number of benzene rings is 8. The molecular formula is C42H45B19O. The Morgan fingerprint density at radius 1 is 0.242 bits per heavy atom. The van der Waals surface area contributed by atoms with E-state index in [2.05, 4.69) is 192 Å². The van der Waals surface area contributed by atoms with Crippen LogP contribution in [0, 0.1) is 0 Å². The average molecular weight is 771 g/mol. The van der Waals surface area contributed by atoms with Gasteiger partial charge in [-0.05, 0) is 83.9 Å². The van der Waals surface area contributed by atoms with E-state index in [1.807, 2.05) is 0 Å². The van der Waals surface area contributed by atoms with Gasteiger partial charge in [-0.15, -0.1) is 32.8 Å². The SMILES string of the molecule is Bc1c(B)c(-c2c3c(B)c(B)c(B)c(B)c3c(-c3ccc4oc5ccccc5c4c3)c3c(B)c(B)c(B)c(B)c23)c(B)c(B)c1-c1c(B)c(B)c2c(B)c(B)c(B)c(B)c2c1B. The van der Waals surface area contributed by atoms with E-state index >= 15 is 0 Å². The van der Waals surface area contributed by atoms with Crippen molar-refractivity contribution in [2.24, 2.45) is 0 Å². The maximum Gasteiger partial charge on any atom is 0.140 e. The van der Waals surface area contributed by atoms with Crippen LogP contribution in [0.1, 0.15) is 0 Å². The van der Waals surface area contributed by atoms with Gasteiger partial charge in [0.2, 0.25) is 0 Å². The summed E-state index contributed by atoms with van der Waals surface area (Å²) in [5, 5.41) is 10.7. The van der Waals surface area contributed by atoms with E-state index in [1.54, 1.807) is 0 Å². The number of furan rings is 1. The van der Waals surface area contributed by atoms with Crippen LogP contribution >= 0.6 is 0 Å². The van der Waals surface area contributed by atoms with Gasteiger partial charge in [0.15, 0.2) is 0 Å². The molecule has 0 aliphatic rings. The third-order valence-electron chi connectivity index (χ3n) is 16.9. The van der Waals surface area contributed by atoms with Gasteiger partial charge in [-0.2, -0.15) is 0 Å². The molecule has 0 N–H and O–H groups in total. The molecule has 0 amide bonds. The molecule has 0 radical (unpaired) electrons. The first-order valence-electron chi connectivity index (χ1n) is 22.7. The second-order valence-corrected chi connectivity index (χ2v) is 19.3. The average Bonchev–Trinajstić information content (AvgIpc) is 3.63. The Bertz CT molecular complexity index is 3460. The predicted molar refractivity (Wildman–Crippen MR) is 338 cm³/mol. The molecule has 0 saturated carbocycles. The topological polar surface area (TPSA) is 13.1 Å². The lowest BCUT2D eigenvalue weighted by Gasteiger charge is -2.32. The van der Waals surface area contributed by atoms with Crippen molar-refractivity contribution >= 4 is 307 Å². The summed E-state index contributed by atoms with van der Waals surface area (Å²) in [7, 11) is 44.9. The standard InChI is InChI=1S/C42H45B19O/c43-24-20(31(50)34(53)23-21(24)35(54)41(60)42(61)36(23)55)22-32(51)29(48)19(30(49)33(22)52)14-17-15(25(44)37(56)39(58)27(17)46)13(16-18(14)28(47)40(59)38(57)26(16)45)8-5-6-12-10(7-8)9-3-1-2-4-11(9)62-12/h1-7H,43-61H2. The summed E-state index contributed by atoms with van der Waals surface area (Å²) < 4.78 is 6.40. The van der Waals surface area contributed by atoms with Crippen LogP contribution in [-0.4, -0.2) is 149 Å². The minimum absolute atomic E-state index is 0.931. The smallest absolute Gasteiger partial charge is 0.140 e. The Morgan fingerprint density at radius 2 is 0.565 bits per heavy atom. The maximum atomic E-state index is 6.40. The number of hydrogen-bond acceptors (Lipinski definition) is 1. The molecule has 62 heavy (non-hydrogen) atoms. The second-order valence-electron chi connectivity index (χ2n) is 19.3. The van der Waals surface area contributed by atoms with Crippen LogP contribution in [0.2, 0.25) is 0 Å². The molecule has 0 fully saturated rings. The highest BCUT2D eigenvalue weighted by Crippen LogP contribution is 2.41. The van der Waals surface area contributed by atoms with Gasteiger partial charge < -0.3 is 4.42 Å². The zero-order valence-electron chi connectivity index (χ0n) is 40.9. The van der Waals surface area contributed by atoms with E-state index in [1.165, 1.54) is 175 Å². The Morgan fingerprint density at radius 3 is 1.03 bits per heavy atom. The van der Waals surface area contributed by atoms with E-state index < -0.39 is 0 Å². The van der Waals surface area contributed by atoms with Crippen molar-refractivity contribution in [1.82, 2.24) is 0 Å². The van der Waals surface area contributed by atoms with Crippen LogP contribution in [0.3, 0.4) is 0 Å². The predicted octanol–water partition coefficient (Wildman–Crippen LogP) is -21.0. The second kappa shape index (κ2) is 14.8. The molecule has 276 valence electrons. The summed E-state index contributed by atoms with van der Waals surface area (Å²) in [6, 6.07) is 15.4. The third-order valence-corrected chi connectivity index (χ3v) is 16.9. The number of hydrogen-bond donors (Lipinski definition) is 0. The fraction of sp³-hybridized carbons (Fsp3) is 0. The lowest BCUT2D eigenvalue weighted by atomic mass is 9.55. The molecule has 0 aliphatic carbocycles. The molecule has 0 aliphatic heterocycles. The van der Waals surface area contributed by atoms with E-state index in [9.17, 15) is 0 Å². The number of para-hydroxylation sites is 1. The highest BCUT2D eigenvalue weighted by atomic mass is 16.3. The Hall–Kier alpha value is -4.43. The zero-order valence-corrected chi connectivity index (χ0v) is 40.9. The molecule has 8 aromatic carbocycles. The van der Waals surface area contributed by atoms with Gasteiger partial charge in [0.1, 0.15) is 160 Å². The number of rotatable bonds is 3. The first-order valence-corrected chi connectivity index (χ1v) is 22.7. The van der Waals surface area contributed by atoms with Crippen LogP contribution in [0.15, 0.2) is 46.9 Å². The van der Waals surface area contributed by atoms with Crippen molar-refractivity contribution < 1.29 is 4.42 Å². The molecule has 0 atom stereocenters. The van der Waals surface area contributed by atoms with Gasteiger partial charge in [0.05, 0.1) is 0 Å². The van der Waals surface area contributed by atoms with E-state index in [0.29, 0.717) is 0 Å². The van der Waals surface area contributed by atoms with Gasteiger partial charge in [-0.3, -0.25) is 0 Å². The van der Waals surface area contributed by atoms with Crippen molar-refractivity contribution in [2.45, 2.75) is 0 Å². The Balaban J connectivity index is 1.49. The van der Waals surface area contributed by atoms with Crippen molar-refractivity contribution in [3.63, 3.8) is 0 Å². The minimum atomic E-state index is 0.931. The van der Waals surface area contributed by atoms with Crippen molar-refractivity contribution in [2.75, 3.05) is 0 Å². The fourth-order valence-electron chi connectivity index (χ4n) is 12.0. The largest absolute Gasteiger partial charge is 0.456 e. The molecule has 1 nitrogen and oxygen atoms in total. The highest BCUT2D eigenvalue weighted by molar-refractivity contribution is 6.75. The van der Waals surface area contributed by atoms with Crippen molar-refractivity contribution in [3.8, 4) is 33.4 Å². The molecule has 0 saturated heterocycles. The molecule has 0 spiro atoms. The first kappa shape index (κ1) is 42.9. The van der Waals surface area contributed by atoms with Crippen LogP contribution in [-0.2, 0) is 0 Å².